The van der Waals surface area contributed by atoms with Crippen LogP contribution in [-0.4, -0.2) is 41.6 Å². The van der Waals surface area contributed by atoms with Gasteiger partial charge >= 0.3 is 0 Å². The van der Waals surface area contributed by atoms with E-state index in [0.717, 1.165) is 30.5 Å². The second kappa shape index (κ2) is 8.54. The van der Waals surface area contributed by atoms with Crippen molar-refractivity contribution >= 4 is 29.1 Å². The third-order valence-electron chi connectivity index (χ3n) is 4.58. The summed E-state index contributed by atoms with van der Waals surface area (Å²) in [5, 5.41) is 6.18. The lowest BCUT2D eigenvalue weighted by molar-refractivity contribution is 0.0931. The highest BCUT2D eigenvalue weighted by atomic mass is 35.5. The number of aromatic nitrogens is 2. The van der Waals surface area contributed by atoms with Gasteiger partial charge in [0, 0.05) is 30.9 Å². The zero-order valence-corrected chi connectivity index (χ0v) is 16.2. The van der Waals surface area contributed by atoms with Crippen LogP contribution >= 0.6 is 11.6 Å². The van der Waals surface area contributed by atoms with Crippen molar-refractivity contribution in [3.05, 3.63) is 46.0 Å². The van der Waals surface area contributed by atoms with Crippen LogP contribution in [0, 0.1) is 6.92 Å². The van der Waals surface area contributed by atoms with Crippen LogP contribution in [0.5, 0.6) is 0 Å². The Morgan fingerprint density at radius 3 is 2.89 bits per heavy atom. The van der Waals surface area contributed by atoms with E-state index in [0.29, 0.717) is 36.1 Å². The molecule has 2 aromatic rings. The molecule has 2 amide bonds. The number of halogens is 1. The number of hydrogen-bond donors (Lipinski definition) is 2. The first kappa shape index (κ1) is 19.4. The van der Waals surface area contributed by atoms with Crippen molar-refractivity contribution in [1.82, 2.24) is 14.9 Å². The average molecular weight is 391 g/mol. The molecule has 2 N–H and O–H groups in total. The predicted molar refractivity (Wildman–Crippen MR) is 104 cm³/mol. The second-order valence-electron chi connectivity index (χ2n) is 6.50. The standard InChI is InChI=1S/C19H23ClN4O3/c1-12-6-7-13(20)11-14(12)22-19(26)17-23-16(18(25)21-8-10-27-2)15-5-3-4-9-24(15)17/h6-7,11H,3-5,8-10H2,1-2H3,(H,21,25)(H,22,26). The van der Waals surface area contributed by atoms with Crippen LogP contribution in [0.3, 0.4) is 0 Å². The molecule has 27 heavy (non-hydrogen) atoms. The molecule has 1 aliphatic rings. The number of methoxy groups -OCH3 is 1. The van der Waals surface area contributed by atoms with E-state index in [-0.39, 0.29) is 17.6 Å². The van der Waals surface area contributed by atoms with E-state index in [2.05, 4.69) is 15.6 Å². The highest BCUT2D eigenvalue weighted by Crippen LogP contribution is 2.24. The summed E-state index contributed by atoms with van der Waals surface area (Å²) in [7, 11) is 1.57. The summed E-state index contributed by atoms with van der Waals surface area (Å²) in [5.74, 6) is -0.379. The first-order valence-electron chi connectivity index (χ1n) is 8.95. The summed E-state index contributed by atoms with van der Waals surface area (Å²) < 4.78 is 6.81. The van der Waals surface area contributed by atoms with Gasteiger partial charge in [-0.05, 0) is 43.9 Å². The molecule has 0 radical (unpaired) electrons. The van der Waals surface area contributed by atoms with Crippen molar-refractivity contribution in [2.45, 2.75) is 32.7 Å². The summed E-state index contributed by atoms with van der Waals surface area (Å²) in [5.41, 5.74) is 2.66. The second-order valence-corrected chi connectivity index (χ2v) is 6.94. The van der Waals surface area contributed by atoms with E-state index in [4.69, 9.17) is 16.3 Å². The Morgan fingerprint density at radius 2 is 2.11 bits per heavy atom. The Kier molecular flexibility index (Phi) is 6.13. The number of rotatable bonds is 6. The van der Waals surface area contributed by atoms with Crippen molar-refractivity contribution in [2.75, 3.05) is 25.6 Å². The van der Waals surface area contributed by atoms with Gasteiger partial charge in [0.25, 0.3) is 11.8 Å². The summed E-state index contributed by atoms with van der Waals surface area (Å²) in [6.45, 7) is 3.38. The van der Waals surface area contributed by atoms with Crippen LogP contribution in [0.15, 0.2) is 18.2 Å². The average Bonchev–Trinajstić information content (AvgIpc) is 3.05. The Balaban J connectivity index is 1.87. The number of nitrogens with one attached hydrogen (secondary N) is 2. The van der Waals surface area contributed by atoms with Crippen LogP contribution in [0.4, 0.5) is 5.69 Å². The Hall–Kier alpha value is -2.38. The van der Waals surface area contributed by atoms with Gasteiger partial charge in [-0.1, -0.05) is 17.7 Å². The highest BCUT2D eigenvalue weighted by Gasteiger charge is 2.27. The number of imidazole rings is 1. The maximum Gasteiger partial charge on any atom is 0.291 e. The molecule has 0 atom stereocenters. The molecular weight excluding hydrogens is 368 g/mol. The number of carbonyl (C=O) groups excluding carboxylic acids is 2. The van der Waals surface area contributed by atoms with Gasteiger partial charge in [0.15, 0.2) is 5.82 Å². The fraction of sp³-hybridized carbons (Fsp3) is 0.421. The number of amides is 2. The van der Waals surface area contributed by atoms with Crippen LogP contribution in [-0.2, 0) is 17.7 Å². The monoisotopic (exact) mass is 390 g/mol. The summed E-state index contributed by atoms with van der Waals surface area (Å²) >= 11 is 6.03. The lowest BCUT2D eigenvalue weighted by atomic mass is 10.1. The molecule has 0 spiro atoms. The van der Waals surface area contributed by atoms with E-state index in [1.807, 2.05) is 17.6 Å². The summed E-state index contributed by atoms with van der Waals surface area (Å²) in [6, 6.07) is 5.31. The fourth-order valence-electron chi connectivity index (χ4n) is 3.16. The first-order chi connectivity index (χ1) is 13.0. The SMILES string of the molecule is COCCNC(=O)c1nc(C(=O)Nc2cc(Cl)ccc2C)n2c1CCCC2. The molecule has 0 saturated carbocycles. The zero-order chi connectivity index (χ0) is 19.4. The number of fused-ring (bicyclic) bond motifs is 1. The van der Waals surface area contributed by atoms with Crippen LogP contribution < -0.4 is 10.6 Å². The van der Waals surface area contributed by atoms with Crippen LogP contribution in [0.1, 0.15) is 45.2 Å². The van der Waals surface area contributed by atoms with E-state index in [1.165, 1.54) is 0 Å². The van der Waals surface area contributed by atoms with Crippen molar-refractivity contribution < 1.29 is 14.3 Å². The number of benzene rings is 1. The third kappa shape index (κ3) is 4.31. The van der Waals surface area contributed by atoms with E-state index >= 15 is 0 Å². The number of nitrogens with zero attached hydrogens (tertiary/aromatic N) is 2. The Labute approximate surface area is 163 Å². The Morgan fingerprint density at radius 1 is 1.30 bits per heavy atom. The largest absolute Gasteiger partial charge is 0.383 e. The molecule has 1 aromatic heterocycles. The molecule has 0 bridgehead atoms. The van der Waals surface area contributed by atoms with Crippen molar-refractivity contribution in [3.63, 3.8) is 0 Å². The molecule has 1 aromatic carbocycles. The number of hydrogen-bond acceptors (Lipinski definition) is 4. The number of carbonyl (C=O) groups is 2. The molecular formula is C19H23ClN4O3. The van der Waals surface area contributed by atoms with Gasteiger partial charge in [0.2, 0.25) is 0 Å². The van der Waals surface area contributed by atoms with Crippen LogP contribution in [0.25, 0.3) is 0 Å². The lowest BCUT2D eigenvalue weighted by Crippen LogP contribution is -2.28. The van der Waals surface area contributed by atoms with E-state index in [9.17, 15) is 9.59 Å². The number of anilines is 1. The predicted octanol–water partition coefficient (Wildman–Crippen LogP) is 2.81. The fourth-order valence-corrected chi connectivity index (χ4v) is 3.33. The van der Waals surface area contributed by atoms with Crippen molar-refractivity contribution in [2.24, 2.45) is 0 Å². The van der Waals surface area contributed by atoms with Crippen molar-refractivity contribution in [1.29, 1.82) is 0 Å². The topological polar surface area (TPSA) is 85.2 Å². The van der Waals surface area contributed by atoms with E-state index < -0.39 is 0 Å². The van der Waals surface area contributed by atoms with Gasteiger partial charge in [-0.25, -0.2) is 4.98 Å². The molecule has 0 unspecified atom stereocenters. The third-order valence-corrected chi connectivity index (χ3v) is 4.81. The minimum Gasteiger partial charge on any atom is -0.383 e. The van der Waals surface area contributed by atoms with Crippen LogP contribution in [0.2, 0.25) is 5.02 Å². The minimum absolute atomic E-state index is 0.251. The van der Waals surface area contributed by atoms with Gasteiger partial charge < -0.3 is 19.9 Å². The molecule has 0 saturated heterocycles. The van der Waals surface area contributed by atoms with Gasteiger partial charge in [-0.3, -0.25) is 9.59 Å². The van der Waals surface area contributed by atoms with Gasteiger partial charge in [0.05, 0.1) is 12.3 Å². The molecule has 0 fully saturated rings. The normalized spacial score (nSPS) is 13.1. The van der Waals surface area contributed by atoms with Gasteiger partial charge in [-0.15, -0.1) is 0 Å². The molecule has 144 valence electrons. The first-order valence-corrected chi connectivity index (χ1v) is 9.33. The maximum atomic E-state index is 12.9. The molecule has 0 aliphatic carbocycles. The highest BCUT2D eigenvalue weighted by molar-refractivity contribution is 6.31. The summed E-state index contributed by atoms with van der Waals surface area (Å²) in [6.07, 6.45) is 2.65. The van der Waals surface area contributed by atoms with Gasteiger partial charge in [0.1, 0.15) is 5.69 Å². The zero-order valence-electron chi connectivity index (χ0n) is 15.5. The molecule has 8 heteroatoms. The number of ether oxygens (including phenoxy) is 1. The molecule has 7 nitrogen and oxygen atoms in total. The summed E-state index contributed by atoms with van der Waals surface area (Å²) in [4.78, 5) is 29.7. The minimum atomic E-state index is -0.348. The molecule has 1 aliphatic heterocycles. The quantitative estimate of drug-likeness (QED) is 0.743. The van der Waals surface area contributed by atoms with Crippen molar-refractivity contribution in [3.8, 4) is 0 Å². The Bertz CT molecular complexity index is 863. The van der Waals surface area contributed by atoms with Gasteiger partial charge in [-0.2, -0.15) is 0 Å². The van der Waals surface area contributed by atoms with E-state index in [1.54, 1.807) is 19.2 Å². The maximum absolute atomic E-state index is 12.9. The molecule has 2 heterocycles. The molecule has 3 rings (SSSR count). The smallest absolute Gasteiger partial charge is 0.291 e. The number of aryl methyl sites for hydroxylation is 1. The lowest BCUT2D eigenvalue weighted by Gasteiger charge is -2.17.